The first-order chi connectivity index (χ1) is 13.0. The summed E-state index contributed by atoms with van der Waals surface area (Å²) >= 11 is 0. The topological polar surface area (TPSA) is 106 Å². The fraction of sp³-hybridized carbons (Fsp3) is 0.350. The lowest BCUT2D eigenvalue weighted by Crippen LogP contribution is -2.22. The normalized spacial score (nSPS) is 19.7. The molecule has 0 unspecified atom stereocenters. The number of hydrogen-bond acceptors (Lipinski definition) is 5. The van der Waals surface area contributed by atoms with Gasteiger partial charge in [-0.2, -0.15) is 0 Å². The first-order valence-corrected chi connectivity index (χ1v) is 8.99. The average Bonchev–Trinajstić information content (AvgIpc) is 2.67. The van der Waals surface area contributed by atoms with E-state index in [9.17, 15) is 9.59 Å². The summed E-state index contributed by atoms with van der Waals surface area (Å²) < 4.78 is 4.64. The van der Waals surface area contributed by atoms with Crippen LogP contribution >= 0.6 is 0 Å². The van der Waals surface area contributed by atoms with Crippen LogP contribution in [0.4, 0.5) is 16.2 Å². The smallest absolute Gasteiger partial charge is 0.411 e. The van der Waals surface area contributed by atoms with Crippen LogP contribution in [-0.2, 0) is 9.53 Å². The molecule has 27 heavy (non-hydrogen) atoms. The highest BCUT2D eigenvalue weighted by Gasteiger charge is 2.19. The molecule has 4 N–H and O–H groups in total. The third kappa shape index (κ3) is 4.43. The van der Waals surface area contributed by atoms with E-state index in [2.05, 4.69) is 20.4 Å². The number of amides is 2. The zero-order valence-electron chi connectivity index (χ0n) is 15.5. The number of pyridine rings is 1. The fourth-order valence-electron chi connectivity index (χ4n) is 3.14. The lowest BCUT2D eigenvalue weighted by molar-refractivity contribution is -0.119. The second kappa shape index (κ2) is 8.18. The van der Waals surface area contributed by atoms with Crippen molar-refractivity contribution < 1.29 is 14.3 Å². The van der Waals surface area contributed by atoms with Gasteiger partial charge in [-0.1, -0.05) is 19.4 Å². The van der Waals surface area contributed by atoms with E-state index < -0.39 is 6.09 Å². The Morgan fingerprint density at radius 1 is 1.30 bits per heavy atom. The minimum atomic E-state index is -0.569. The predicted octanol–water partition coefficient (Wildman–Crippen LogP) is 3.69. The molecule has 0 radical (unpaired) electrons. The van der Waals surface area contributed by atoms with E-state index in [-0.39, 0.29) is 17.9 Å². The van der Waals surface area contributed by atoms with Crippen LogP contribution in [0, 0.1) is 5.92 Å². The van der Waals surface area contributed by atoms with Crippen LogP contribution in [0.3, 0.4) is 0 Å². The van der Waals surface area contributed by atoms with Crippen LogP contribution in [0.2, 0.25) is 0 Å². The predicted molar refractivity (Wildman–Crippen MR) is 104 cm³/mol. The molecule has 1 aliphatic heterocycles. The SMILES string of the molecule is COC(=O)Nc1ccc2c(c1)NC(=O)[C@H](C)CCC[C@H](N)c1cc-2ccn1. The summed E-state index contributed by atoms with van der Waals surface area (Å²) in [5.74, 6) is -0.206. The highest BCUT2D eigenvalue weighted by molar-refractivity contribution is 5.98. The molecule has 0 fully saturated rings. The van der Waals surface area contributed by atoms with Gasteiger partial charge in [0.25, 0.3) is 0 Å². The van der Waals surface area contributed by atoms with Gasteiger partial charge in [-0.25, -0.2) is 4.79 Å². The van der Waals surface area contributed by atoms with E-state index in [0.717, 1.165) is 36.1 Å². The van der Waals surface area contributed by atoms with Crippen molar-refractivity contribution in [2.24, 2.45) is 11.7 Å². The summed E-state index contributed by atoms with van der Waals surface area (Å²) in [6.45, 7) is 1.90. The standard InChI is InChI=1S/C20H24N4O3/c1-12-4-3-5-16(21)18-10-13(8-9-22-18)15-7-6-14(23-20(26)27-2)11-17(15)24-19(12)25/h6-12,16H,3-5,21H2,1-2H3,(H,23,26)(H,24,25)/t12-,16+/m1/s1. The van der Waals surface area contributed by atoms with Crippen molar-refractivity contribution in [2.45, 2.75) is 32.2 Å². The van der Waals surface area contributed by atoms with Crippen molar-refractivity contribution in [3.8, 4) is 11.1 Å². The highest BCUT2D eigenvalue weighted by atomic mass is 16.5. The van der Waals surface area contributed by atoms with E-state index in [1.807, 2.05) is 25.1 Å². The number of methoxy groups -OCH3 is 1. The molecule has 0 spiro atoms. The Kier molecular flexibility index (Phi) is 5.71. The second-order valence-corrected chi connectivity index (χ2v) is 6.77. The Labute approximate surface area is 158 Å². The summed E-state index contributed by atoms with van der Waals surface area (Å²) in [5, 5.41) is 5.62. The molecule has 0 aliphatic carbocycles. The highest BCUT2D eigenvalue weighted by Crippen LogP contribution is 2.33. The monoisotopic (exact) mass is 368 g/mol. The van der Waals surface area contributed by atoms with Gasteiger partial charge in [-0.3, -0.25) is 15.1 Å². The largest absolute Gasteiger partial charge is 0.453 e. The summed E-state index contributed by atoms with van der Waals surface area (Å²) in [5.41, 5.74) is 10.0. The minimum Gasteiger partial charge on any atom is -0.453 e. The molecular formula is C20H24N4O3. The lowest BCUT2D eigenvalue weighted by Gasteiger charge is -2.19. The van der Waals surface area contributed by atoms with Crippen LogP contribution in [0.25, 0.3) is 11.1 Å². The van der Waals surface area contributed by atoms with Gasteiger partial charge in [0.2, 0.25) is 5.91 Å². The van der Waals surface area contributed by atoms with E-state index in [1.165, 1.54) is 7.11 Å². The van der Waals surface area contributed by atoms with Crippen molar-refractivity contribution in [3.63, 3.8) is 0 Å². The molecule has 2 amide bonds. The summed E-state index contributed by atoms with van der Waals surface area (Å²) in [4.78, 5) is 28.5. The molecule has 2 atom stereocenters. The van der Waals surface area contributed by atoms with Gasteiger partial charge >= 0.3 is 6.09 Å². The van der Waals surface area contributed by atoms with Crippen LogP contribution in [0.15, 0.2) is 36.5 Å². The van der Waals surface area contributed by atoms with E-state index in [4.69, 9.17) is 5.73 Å². The Morgan fingerprint density at radius 3 is 2.89 bits per heavy atom. The molecule has 7 nitrogen and oxygen atoms in total. The van der Waals surface area contributed by atoms with Crippen LogP contribution in [-0.4, -0.2) is 24.1 Å². The van der Waals surface area contributed by atoms with Crippen LogP contribution < -0.4 is 16.4 Å². The summed E-state index contributed by atoms with van der Waals surface area (Å²) in [6.07, 6.45) is 3.53. The molecular weight excluding hydrogens is 344 g/mol. The van der Waals surface area contributed by atoms with Crippen molar-refractivity contribution in [1.82, 2.24) is 4.98 Å². The quantitative estimate of drug-likeness (QED) is 0.712. The average molecular weight is 368 g/mol. The molecule has 7 heteroatoms. The minimum absolute atomic E-state index is 0.0603. The molecule has 2 heterocycles. The molecule has 0 saturated heterocycles. The number of hydrogen-bond donors (Lipinski definition) is 3. The molecule has 142 valence electrons. The Bertz CT molecular complexity index is 853. The zero-order chi connectivity index (χ0) is 19.4. The van der Waals surface area contributed by atoms with E-state index in [0.29, 0.717) is 11.4 Å². The first kappa shape index (κ1) is 18.8. The molecule has 2 aromatic rings. The number of benzene rings is 1. The fourth-order valence-corrected chi connectivity index (χ4v) is 3.14. The Morgan fingerprint density at radius 2 is 2.11 bits per heavy atom. The van der Waals surface area contributed by atoms with Gasteiger partial charge in [0.05, 0.1) is 18.5 Å². The van der Waals surface area contributed by atoms with Gasteiger partial charge in [-0.15, -0.1) is 0 Å². The van der Waals surface area contributed by atoms with Crippen LogP contribution in [0.5, 0.6) is 0 Å². The van der Waals surface area contributed by atoms with Gasteiger partial charge in [-0.05, 0) is 42.7 Å². The third-order valence-electron chi connectivity index (χ3n) is 4.78. The number of carbonyl (C=O) groups excluding carboxylic acids is 2. The number of nitrogens with one attached hydrogen (secondary N) is 2. The number of aromatic nitrogens is 1. The zero-order valence-corrected chi connectivity index (χ0v) is 15.5. The van der Waals surface area contributed by atoms with Crippen molar-refractivity contribution in [1.29, 1.82) is 0 Å². The Balaban J connectivity index is 2.07. The maximum absolute atomic E-state index is 12.6. The number of rotatable bonds is 1. The van der Waals surface area contributed by atoms with Gasteiger partial charge in [0, 0.05) is 29.4 Å². The number of carbonyl (C=O) groups is 2. The van der Waals surface area contributed by atoms with Gasteiger partial charge in [0.1, 0.15) is 0 Å². The van der Waals surface area contributed by atoms with E-state index >= 15 is 0 Å². The lowest BCUT2D eigenvalue weighted by atomic mass is 9.96. The number of ether oxygens (including phenoxy) is 1. The van der Waals surface area contributed by atoms with Crippen molar-refractivity contribution >= 4 is 23.4 Å². The van der Waals surface area contributed by atoms with Gasteiger partial charge in [0.15, 0.2) is 0 Å². The van der Waals surface area contributed by atoms with Gasteiger partial charge < -0.3 is 15.8 Å². The number of anilines is 2. The number of nitrogens with two attached hydrogens (primary N) is 1. The van der Waals surface area contributed by atoms with Crippen LogP contribution in [0.1, 0.15) is 37.9 Å². The maximum Gasteiger partial charge on any atom is 0.411 e. The first-order valence-electron chi connectivity index (χ1n) is 8.99. The van der Waals surface area contributed by atoms with Crippen molar-refractivity contribution in [2.75, 3.05) is 17.7 Å². The maximum atomic E-state index is 12.6. The number of nitrogens with zero attached hydrogens (tertiary/aromatic N) is 1. The number of fused-ring (bicyclic) bond motifs is 4. The molecule has 2 bridgehead atoms. The van der Waals surface area contributed by atoms with E-state index in [1.54, 1.807) is 18.3 Å². The summed E-state index contributed by atoms with van der Waals surface area (Å²) in [6, 6.07) is 9.00. The second-order valence-electron chi connectivity index (χ2n) is 6.77. The molecule has 1 aromatic heterocycles. The molecule has 0 saturated carbocycles. The summed E-state index contributed by atoms with van der Waals surface area (Å²) in [7, 11) is 1.30. The molecule has 1 aromatic carbocycles. The molecule has 3 rings (SSSR count). The Hall–Kier alpha value is -2.93. The molecule has 1 aliphatic rings. The third-order valence-corrected chi connectivity index (χ3v) is 4.78. The van der Waals surface area contributed by atoms with Crippen molar-refractivity contribution in [3.05, 3.63) is 42.2 Å².